The van der Waals surface area contributed by atoms with Crippen molar-refractivity contribution in [3.8, 4) is 0 Å². The molecule has 4 rings (SSSR count). The van der Waals surface area contributed by atoms with Gasteiger partial charge in [0.2, 0.25) is 0 Å². The number of hydrogen-bond donors (Lipinski definition) is 1. The first-order chi connectivity index (χ1) is 13.7. The summed E-state index contributed by atoms with van der Waals surface area (Å²) in [4.78, 5) is 20.3. The topological polar surface area (TPSA) is 92.3 Å². The maximum atomic E-state index is 11.5. The zero-order valence-electron chi connectivity index (χ0n) is 15.5. The van der Waals surface area contributed by atoms with E-state index in [9.17, 15) is 4.79 Å². The van der Waals surface area contributed by atoms with E-state index in [0.29, 0.717) is 36.7 Å². The van der Waals surface area contributed by atoms with Gasteiger partial charge in [-0.2, -0.15) is 0 Å². The van der Waals surface area contributed by atoms with Crippen molar-refractivity contribution in [1.82, 2.24) is 14.5 Å². The van der Waals surface area contributed by atoms with Crippen molar-refractivity contribution in [2.45, 2.75) is 13.2 Å². The van der Waals surface area contributed by atoms with Gasteiger partial charge in [-0.3, -0.25) is 0 Å². The molecular weight excluding hydrogens is 356 g/mol. The SMILES string of the molecule is COC(=O)c1ccc(COCCn2cnc3c(N)nc4ccccc4c32)cc1. The Morgan fingerprint density at radius 3 is 2.71 bits per heavy atom. The number of aromatic nitrogens is 3. The van der Waals surface area contributed by atoms with E-state index in [0.717, 1.165) is 22.0 Å². The van der Waals surface area contributed by atoms with E-state index in [2.05, 4.69) is 9.97 Å². The molecule has 0 amide bonds. The van der Waals surface area contributed by atoms with Crippen molar-refractivity contribution in [3.63, 3.8) is 0 Å². The number of pyridine rings is 1. The summed E-state index contributed by atoms with van der Waals surface area (Å²) in [6, 6.07) is 15.1. The Balaban J connectivity index is 1.44. The predicted molar refractivity (Wildman–Crippen MR) is 107 cm³/mol. The number of hydrogen-bond acceptors (Lipinski definition) is 6. The Kier molecular flexibility index (Phi) is 4.90. The highest BCUT2D eigenvalue weighted by Gasteiger charge is 2.12. The van der Waals surface area contributed by atoms with Gasteiger partial charge in [0, 0.05) is 11.9 Å². The molecular formula is C21H20N4O3. The minimum atomic E-state index is -0.347. The van der Waals surface area contributed by atoms with Crippen LogP contribution >= 0.6 is 0 Å². The lowest BCUT2D eigenvalue weighted by Crippen LogP contribution is -2.06. The summed E-state index contributed by atoms with van der Waals surface area (Å²) in [6.45, 7) is 1.61. The lowest BCUT2D eigenvalue weighted by molar-refractivity contribution is 0.0600. The van der Waals surface area contributed by atoms with E-state index in [-0.39, 0.29) is 5.97 Å². The van der Waals surface area contributed by atoms with Crippen molar-refractivity contribution in [2.24, 2.45) is 0 Å². The van der Waals surface area contributed by atoms with E-state index in [1.807, 2.05) is 41.0 Å². The number of ether oxygens (including phenoxy) is 2. The molecule has 0 aliphatic rings. The van der Waals surface area contributed by atoms with Crippen LogP contribution < -0.4 is 5.73 Å². The highest BCUT2D eigenvalue weighted by atomic mass is 16.5. The molecule has 0 fully saturated rings. The first-order valence-corrected chi connectivity index (χ1v) is 8.91. The first-order valence-electron chi connectivity index (χ1n) is 8.91. The number of fused-ring (bicyclic) bond motifs is 3. The van der Waals surface area contributed by atoms with Crippen LogP contribution in [0.3, 0.4) is 0 Å². The first kappa shape index (κ1) is 17.9. The fraction of sp³-hybridized carbons (Fsp3) is 0.190. The number of carbonyl (C=O) groups is 1. The Morgan fingerprint density at radius 2 is 1.93 bits per heavy atom. The average Bonchev–Trinajstić information content (AvgIpc) is 3.16. The quantitative estimate of drug-likeness (QED) is 0.410. The van der Waals surface area contributed by atoms with Crippen molar-refractivity contribution in [1.29, 1.82) is 0 Å². The molecule has 0 saturated heterocycles. The minimum Gasteiger partial charge on any atom is -0.465 e. The third kappa shape index (κ3) is 3.39. The largest absolute Gasteiger partial charge is 0.465 e. The number of rotatable bonds is 6. The van der Waals surface area contributed by atoms with Crippen molar-refractivity contribution >= 4 is 33.7 Å². The van der Waals surface area contributed by atoms with E-state index in [1.165, 1.54) is 7.11 Å². The predicted octanol–water partition coefficient (Wildman–Crippen LogP) is 3.17. The van der Waals surface area contributed by atoms with Crippen LogP contribution in [0.15, 0.2) is 54.9 Å². The number of anilines is 1. The number of nitrogens with two attached hydrogens (primary N) is 1. The second kappa shape index (κ2) is 7.66. The summed E-state index contributed by atoms with van der Waals surface area (Å²) in [5, 5.41) is 1.02. The summed E-state index contributed by atoms with van der Waals surface area (Å²) in [6.07, 6.45) is 1.77. The van der Waals surface area contributed by atoms with Crippen LogP contribution in [0.2, 0.25) is 0 Å². The standard InChI is InChI=1S/C21H20N4O3/c1-27-21(26)15-8-6-14(7-9-15)12-28-11-10-25-13-23-18-19(25)16-4-2-3-5-17(16)24-20(18)22/h2-9,13H,10-12H2,1H3,(H2,22,24). The molecule has 142 valence electrons. The molecule has 0 aliphatic carbocycles. The lowest BCUT2D eigenvalue weighted by atomic mass is 10.1. The molecule has 0 saturated carbocycles. The van der Waals surface area contributed by atoms with Gasteiger partial charge >= 0.3 is 5.97 Å². The van der Waals surface area contributed by atoms with Crippen LogP contribution in [0.1, 0.15) is 15.9 Å². The number of para-hydroxylation sites is 1. The van der Waals surface area contributed by atoms with Gasteiger partial charge in [0.1, 0.15) is 5.52 Å². The van der Waals surface area contributed by atoms with Gasteiger partial charge in [-0.1, -0.05) is 30.3 Å². The summed E-state index contributed by atoms with van der Waals surface area (Å²) < 4.78 is 12.5. The van der Waals surface area contributed by atoms with Crippen LogP contribution in [0.4, 0.5) is 5.82 Å². The molecule has 0 unspecified atom stereocenters. The Hall–Kier alpha value is -3.45. The molecule has 0 atom stereocenters. The third-order valence-electron chi connectivity index (χ3n) is 4.60. The molecule has 4 aromatic rings. The molecule has 0 bridgehead atoms. The van der Waals surface area contributed by atoms with Crippen LogP contribution in [0.25, 0.3) is 21.9 Å². The molecule has 7 heteroatoms. The van der Waals surface area contributed by atoms with E-state index in [4.69, 9.17) is 15.2 Å². The summed E-state index contributed by atoms with van der Waals surface area (Å²) in [7, 11) is 1.37. The van der Waals surface area contributed by atoms with Gasteiger partial charge in [-0.05, 0) is 23.8 Å². The number of nitrogen functional groups attached to an aromatic ring is 1. The molecule has 0 aliphatic heterocycles. The molecule has 2 heterocycles. The van der Waals surface area contributed by atoms with Crippen LogP contribution in [-0.4, -0.2) is 34.2 Å². The smallest absolute Gasteiger partial charge is 0.337 e. The highest BCUT2D eigenvalue weighted by molar-refractivity contribution is 6.06. The number of methoxy groups -OCH3 is 1. The number of benzene rings is 2. The van der Waals surface area contributed by atoms with Gasteiger partial charge in [-0.15, -0.1) is 0 Å². The molecule has 7 nitrogen and oxygen atoms in total. The number of imidazole rings is 1. The average molecular weight is 376 g/mol. The van der Waals surface area contributed by atoms with Crippen molar-refractivity contribution in [3.05, 3.63) is 66.0 Å². The normalized spacial score (nSPS) is 11.2. The number of nitrogens with zero attached hydrogens (tertiary/aromatic N) is 3. The molecule has 2 N–H and O–H groups in total. The molecule has 0 spiro atoms. The van der Waals surface area contributed by atoms with Gasteiger partial charge in [-0.25, -0.2) is 14.8 Å². The van der Waals surface area contributed by atoms with Gasteiger partial charge in [0.05, 0.1) is 43.2 Å². The monoisotopic (exact) mass is 376 g/mol. The fourth-order valence-corrected chi connectivity index (χ4v) is 3.18. The Morgan fingerprint density at radius 1 is 1.14 bits per heavy atom. The van der Waals surface area contributed by atoms with Gasteiger partial charge in [0.25, 0.3) is 0 Å². The molecule has 28 heavy (non-hydrogen) atoms. The second-order valence-electron chi connectivity index (χ2n) is 6.39. The zero-order chi connectivity index (χ0) is 19.5. The van der Waals surface area contributed by atoms with Crippen LogP contribution in [0, 0.1) is 0 Å². The van der Waals surface area contributed by atoms with E-state index < -0.39 is 0 Å². The molecule has 2 aromatic heterocycles. The van der Waals surface area contributed by atoms with Gasteiger partial charge in [0.15, 0.2) is 5.82 Å². The Bertz CT molecular complexity index is 1140. The second-order valence-corrected chi connectivity index (χ2v) is 6.39. The van der Waals surface area contributed by atoms with Crippen molar-refractivity contribution in [2.75, 3.05) is 19.5 Å². The summed E-state index contributed by atoms with van der Waals surface area (Å²) >= 11 is 0. The maximum absolute atomic E-state index is 11.5. The number of carbonyl (C=O) groups excluding carboxylic acids is 1. The van der Waals surface area contributed by atoms with E-state index >= 15 is 0 Å². The Labute approximate surface area is 161 Å². The van der Waals surface area contributed by atoms with E-state index in [1.54, 1.807) is 18.5 Å². The van der Waals surface area contributed by atoms with Crippen molar-refractivity contribution < 1.29 is 14.3 Å². The summed E-state index contributed by atoms with van der Waals surface area (Å²) in [5.74, 6) is 0.0829. The third-order valence-corrected chi connectivity index (χ3v) is 4.60. The molecule has 2 aromatic carbocycles. The van der Waals surface area contributed by atoms with Gasteiger partial charge < -0.3 is 19.8 Å². The zero-order valence-corrected chi connectivity index (χ0v) is 15.5. The fourth-order valence-electron chi connectivity index (χ4n) is 3.18. The van der Waals surface area contributed by atoms with Crippen LogP contribution in [-0.2, 0) is 22.6 Å². The maximum Gasteiger partial charge on any atom is 0.337 e. The van der Waals surface area contributed by atoms with Crippen LogP contribution in [0.5, 0.6) is 0 Å². The minimum absolute atomic E-state index is 0.347. The highest BCUT2D eigenvalue weighted by Crippen LogP contribution is 2.26. The lowest BCUT2D eigenvalue weighted by Gasteiger charge is -2.09. The number of esters is 1. The summed E-state index contributed by atoms with van der Waals surface area (Å²) in [5.41, 5.74) is 10.1. The molecule has 0 radical (unpaired) electrons.